The minimum absolute atomic E-state index is 0.743. The normalized spacial score (nSPS) is 33.2. The molecule has 0 bridgehead atoms. The average molecular weight is 382 g/mol. The Balaban J connectivity index is 1.49. The lowest BCUT2D eigenvalue weighted by Crippen LogP contribution is -2.25. The molecule has 1 aromatic rings. The van der Waals surface area contributed by atoms with E-state index in [0.29, 0.717) is 0 Å². The first kappa shape index (κ1) is 16.6. The molecule has 0 atom stereocenters. The van der Waals surface area contributed by atoms with Gasteiger partial charge in [-0.2, -0.15) is 0 Å². The van der Waals surface area contributed by atoms with Crippen molar-refractivity contribution in [2.24, 2.45) is 17.8 Å². The van der Waals surface area contributed by atoms with Gasteiger partial charge in [0, 0.05) is 10.0 Å². The molecular weight excluding hydrogens is 356 g/mol. The van der Waals surface area contributed by atoms with Crippen LogP contribution in [0.5, 0.6) is 0 Å². The summed E-state index contributed by atoms with van der Waals surface area (Å²) < 4.78 is 1.19. The third-order valence-corrected chi connectivity index (χ3v) is 6.62. The molecule has 0 radical (unpaired) electrons. The molecule has 2 fully saturated rings. The maximum atomic E-state index is 5.72. The lowest BCUT2D eigenvalue weighted by molar-refractivity contribution is 0.171. The SMILES string of the molecule is Cl/C=C/[C@H]1CC[C@H](C2CCC(c3ccc(Br)cc3)CC2)CC1. The van der Waals surface area contributed by atoms with Crippen molar-refractivity contribution in [3.63, 3.8) is 0 Å². The van der Waals surface area contributed by atoms with Crippen LogP contribution in [0.15, 0.2) is 40.3 Å². The Bertz CT molecular complexity index is 477. The molecule has 3 rings (SSSR count). The standard InChI is InChI=1S/C20H26BrCl/c21-20-11-9-19(10-12-20)18-7-5-17(6-8-18)16-3-1-15(2-4-16)13-14-22/h9-18H,1-8H2/b14-13+/t15-,16-,17?,18?. The van der Waals surface area contributed by atoms with E-state index in [9.17, 15) is 0 Å². The third-order valence-electron chi connectivity index (χ3n) is 5.94. The molecule has 0 spiro atoms. The summed E-state index contributed by atoms with van der Waals surface area (Å²) in [6, 6.07) is 8.98. The highest BCUT2D eigenvalue weighted by Gasteiger charge is 2.30. The third kappa shape index (κ3) is 4.17. The number of hydrogen-bond donors (Lipinski definition) is 0. The summed E-state index contributed by atoms with van der Waals surface area (Å²) in [7, 11) is 0. The number of hydrogen-bond acceptors (Lipinski definition) is 0. The van der Waals surface area contributed by atoms with Crippen molar-refractivity contribution in [2.45, 2.75) is 57.3 Å². The first-order valence-corrected chi connectivity index (χ1v) is 10.0. The van der Waals surface area contributed by atoms with Crippen LogP contribution in [-0.2, 0) is 0 Å². The van der Waals surface area contributed by atoms with Gasteiger partial charge in [-0.25, -0.2) is 0 Å². The fourth-order valence-electron chi connectivity index (χ4n) is 4.57. The van der Waals surface area contributed by atoms with Crippen LogP contribution in [0.1, 0.15) is 62.8 Å². The second kappa shape index (κ2) is 8.02. The highest BCUT2D eigenvalue weighted by molar-refractivity contribution is 9.10. The van der Waals surface area contributed by atoms with Crippen molar-refractivity contribution in [3.05, 3.63) is 45.9 Å². The maximum Gasteiger partial charge on any atom is 0.0175 e. The summed E-state index contributed by atoms with van der Waals surface area (Å²) >= 11 is 9.25. The van der Waals surface area contributed by atoms with E-state index in [4.69, 9.17) is 11.6 Å². The van der Waals surface area contributed by atoms with Crippen LogP contribution in [0.4, 0.5) is 0 Å². The van der Waals surface area contributed by atoms with Gasteiger partial charge < -0.3 is 0 Å². The van der Waals surface area contributed by atoms with E-state index in [1.807, 2.05) is 0 Å². The molecule has 120 valence electrons. The van der Waals surface area contributed by atoms with E-state index < -0.39 is 0 Å². The van der Waals surface area contributed by atoms with Gasteiger partial charge in [0.25, 0.3) is 0 Å². The van der Waals surface area contributed by atoms with E-state index >= 15 is 0 Å². The molecule has 2 aliphatic rings. The van der Waals surface area contributed by atoms with Crippen molar-refractivity contribution in [1.29, 1.82) is 0 Å². The van der Waals surface area contributed by atoms with Crippen molar-refractivity contribution in [3.8, 4) is 0 Å². The molecule has 0 saturated heterocycles. The highest BCUT2D eigenvalue weighted by Crippen LogP contribution is 2.44. The van der Waals surface area contributed by atoms with E-state index in [1.165, 1.54) is 61.4 Å². The molecule has 0 aromatic heterocycles. The second-order valence-corrected chi connectivity index (χ2v) is 8.32. The first-order valence-electron chi connectivity index (χ1n) is 8.78. The Labute approximate surface area is 148 Å². The number of rotatable bonds is 3. The highest BCUT2D eigenvalue weighted by atomic mass is 79.9. The minimum atomic E-state index is 0.743. The number of halogens is 2. The molecule has 22 heavy (non-hydrogen) atoms. The van der Waals surface area contributed by atoms with E-state index in [1.54, 1.807) is 5.54 Å². The summed E-state index contributed by atoms with van der Waals surface area (Å²) in [6.45, 7) is 0. The molecule has 0 amide bonds. The van der Waals surface area contributed by atoms with Gasteiger partial charge in [0.15, 0.2) is 0 Å². The maximum absolute atomic E-state index is 5.72. The monoisotopic (exact) mass is 380 g/mol. The Morgan fingerprint density at radius 3 is 1.91 bits per heavy atom. The van der Waals surface area contributed by atoms with Gasteiger partial charge in [0.05, 0.1) is 0 Å². The lowest BCUT2D eigenvalue weighted by Gasteiger charge is -2.37. The zero-order chi connectivity index (χ0) is 15.4. The van der Waals surface area contributed by atoms with Gasteiger partial charge in [0.1, 0.15) is 0 Å². The predicted octanol–water partition coefficient (Wildman–Crippen LogP) is 7.28. The summed E-state index contributed by atoms with van der Waals surface area (Å²) in [6.07, 6.45) is 13.4. The van der Waals surface area contributed by atoms with Gasteiger partial charge in [-0.05, 0) is 92.7 Å². The van der Waals surface area contributed by atoms with Gasteiger partial charge in [0.2, 0.25) is 0 Å². The van der Waals surface area contributed by atoms with Crippen LogP contribution in [0.3, 0.4) is 0 Å². The lowest BCUT2D eigenvalue weighted by atomic mass is 9.68. The number of allylic oxidation sites excluding steroid dienone is 1. The first-order chi connectivity index (χ1) is 10.8. The Kier molecular flexibility index (Phi) is 6.04. The van der Waals surface area contributed by atoms with Gasteiger partial charge in [-0.1, -0.05) is 45.7 Å². The molecule has 0 N–H and O–H groups in total. The fraction of sp³-hybridized carbons (Fsp3) is 0.600. The van der Waals surface area contributed by atoms with Crippen LogP contribution in [0.2, 0.25) is 0 Å². The molecule has 0 aliphatic heterocycles. The Morgan fingerprint density at radius 2 is 1.36 bits per heavy atom. The average Bonchev–Trinajstić information content (AvgIpc) is 2.57. The summed E-state index contributed by atoms with van der Waals surface area (Å²) in [4.78, 5) is 0. The van der Waals surface area contributed by atoms with Crippen LogP contribution in [0.25, 0.3) is 0 Å². The van der Waals surface area contributed by atoms with Crippen molar-refractivity contribution in [1.82, 2.24) is 0 Å². The molecule has 0 unspecified atom stereocenters. The zero-order valence-corrected chi connectivity index (χ0v) is 15.5. The van der Waals surface area contributed by atoms with E-state index in [2.05, 4.69) is 46.3 Å². The molecule has 2 heteroatoms. The molecule has 0 heterocycles. The van der Waals surface area contributed by atoms with Crippen LogP contribution in [-0.4, -0.2) is 0 Å². The largest absolute Gasteiger partial charge is 0.0933 e. The molecule has 2 aliphatic carbocycles. The molecule has 1 aromatic carbocycles. The van der Waals surface area contributed by atoms with Crippen LogP contribution >= 0.6 is 27.5 Å². The van der Waals surface area contributed by atoms with E-state index in [-0.39, 0.29) is 0 Å². The summed E-state index contributed by atoms with van der Waals surface area (Å²) in [5.74, 6) is 3.49. The Morgan fingerprint density at radius 1 is 0.818 bits per heavy atom. The minimum Gasteiger partial charge on any atom is -0.0933 e. The Hall–Kier alpha value is -0.270. The van der Waals surface area contributed by atoms with Gasteiger partial charge in [-0.3, -0.25) is 0 Å². The molecular formula is C20H26BrCl. The number of benzene rings is 1. The second-order valence-electron chi connectivity index (χ2n) is 7.16. The van der Waals surface area contributed by atoms with Crippen LogP contribution in [0, 0.1) is 17.8 Å². The van der Waals surface area contributed by atoms with E-state index in [0.717, 1.165) is 23.7 Å². The molecule has 2 saturated carbocycles. The summed E-state index contributed by atoms with van der Waals surface area (Å²) in [5, 5.41) is 0. The topological polar surface area (TPSA) is 0 Å². The van der Waals surface area contributed by atoms with Gasteiger partial charge >= 0.3 is 0 Å². The quantitative estimate of drug-likeness (QED) is 0.516. The molecule has 0 nitrogen and oxygen atoms in total. The fourth-order valence-corrected chi connectivity index (χ4v) is 5.04. The zero-order valence-electron chi connectivity index (χ0n) is 13.2. The summed E-state index contributed by atoms with van der Waals surface area (Å²) in [5.41, 5.74) is 3.26. The smallest absolute Gasteiger partial charge is 0.0175 e. The van der Waals surface area contributed by atoms with Crippen molar-refractivity contribution in [2.75, 3.05) is 0 Å². The van der Waals surface area contributed by atoms with Crippen molar-refractivity contribution >= 4 is 27.5 Å². The van der Waals surface area contributed by atoms with Crippen molar-refractivity contribution < 1.29 is 0 Å². The van der Waals surface area contributed by atoms with Crippen LogP contribution < -0.4 is 0 Å². The van der Waals surface area contributed by atoms with Gasteiger partial charge in [-0.15, -0.1) is 0 Å². The predicted molar refractivity (Wildman–Crippen MR) is 99.3 cm³/mol.